The SMILES string of the molecule is Cc1cc(NCC(=O)CC2CCCN(c3ncnc4[nH]ccc34)C2)n(C)n1. The van der Waals surface area contributed by atoms with E-state index in [0.29, 0.717) is 18.9 Å². The number of aryl methyl sites for hydroxylation is 2. The fourth-order valence-electron chi connectivity index (χ4n) is 3.89. The van der Waals surface area contributed by atoms with Gasteiger partial charge in [0.1, 0.15) is 23.6 Å². The zero-order chi connectivity index (χ0) is 18.8. The predicted molar refractivity (Wildman–Crippen MR) is 105 cm³/mol. The number of Topliss-reactive ketones (excluding diaryl/α,β-unsaturated/α-hetero) is 1. The highest BCUT2D eigenvalue weighted by atomic mass is 16.1. The molecule has 4 heterocycles. The lowest BCUT2D eigenvalue weighted by atomic mass is 9.92. The molecule has 0 aromatic carbocycles. The molecular formula is C19H25N7O. The Morgan fingerprint density at radius 3 is 3.11 bits per heavy atom. The van der Waals surface area contributed by atoms with Gasteiger partial charge in [0.2, 0.25) is 0 Å². The molecule has 3 aromatic rings. The van der Waals surface area contributed by atoms with Gasteiger partial charge < -0.3 is 15.2 Å². The summed E-state index contributed by atoms with van der Waals surface area (Å²) in [6.07, 6.45) is 6.22. The van der Waals surface area contributed by atoms with Crippen LogP contribution < -0.4 is 10.2 Å². The molecule has 0 spiro atoms. The first-order chi connectivity index (χ1) is 13.1. The first-order valence-electron chi connectivity index (χ1n) is 9.39. The molecule has 0 amide bonds. The third kappa shape index (κ3) is 3.79. The fourth-order valence-corrected chi connectivity index (χ4v) is 3.89. The van der Waals surface area contributed by atoms with Gasteiger partial charge in [-0.3, -0.25) is 9.48 Å². The fraction of sp³-hybridized carbons (Fsp3) is 0.474. The molecule has 1 unspecified atom stereocenters. The second-order valence-corrected chi connectivity index (χ2v) is 7.28. The lowest BCUT2D eigenvalue weighted by molar-refractivity contribution is -0.118. The summed E-state index contributed by atoms with van der Waals surface area (Å²) in [5.41, 5.74) is 1.80. The van der Waals surface area contributed by atoms with Crippen LogP contribution in [0.5, 0.6) is 0 Å². The molecule has 1 aliphatic rings. The summed E-state index contributed by atoms with van der Waals surface area (Å²) in [5.74, 6) is 2.42. The normalized spacial score (nSPS) is 17.4. The number of hydrogen-bond donors (Lipinski definition) is 2. The van der Waals surface area contributed by atoms with Crippen molar-refractivity contribution >= 4 is 28.5 Å². The van der Waals surface area contributed by atoms with E-state index < -0.39 is 0 Å². The van der Waals surface area contributed by atoms with Crippen LogP contribution in [0, 0.1) is 12.8 Å². The molecule has 0 radical (unpaired) electrons. The average molecular weight is 367 g/mol. The van der Waals surface area contributed by atoms with Crippen molar-refractivity contribution in [3.8, 4) is 0 Å². The van der Waals surface area contributed by atoms with Gasteiger partial charge in [0.05, 0.1) is 17.6 Å². The predicted octanol–water partition coefficient (Wildman–Crippen LogP) is 2.29. The topological polar surface area (TPSA) is 91.7 Å². The zero-order valence-corrected chi connectivity index (χ0v) is 15.8. The second kappa shape index (κ2) is 7.38. The average Bonchev–Trinajstić information content (AvgIpc) is 3.25. The van der Waals surface area contributed by atoms with Crippen LogP contribution in [0.1, 0.15) is 25.0 Å². The quantitative estimate of drug-likeness (QED) is 0.694. The highest BCUT2D eigenvalue weighted by molar-refractivity contribution is 5.87. The second-order valence-electron chi connectivity index (χ2n) is 7.28. The molecule has 8 heteroatoms. The molecule has 1 fully saturated rings. The van der Waals surface area contributed by atoms with Crippen LogP contribution in [0.15, 0.2) is 24.7 Å². The lowest BCUT2D eigenvalue weighted by Crippen LogP contribution is -2.37. The summed E-state index contributed by atoms with van der Waals surface area (Å²) < 4.78 is 1.77. The molecule has 2 N–H and O–H groups in total. The molecule has 0 bridgehead atoms. The van der Waals surface area contributed by atoms with E-state index in [1.54, 1.807) is 11.0 Å². The number of fused-ring (bicyclic) bond motifs is 1. The van der Waals surface area contributed by atoms with Gasteiger partial charge in [0, 0.05) is 38.8 Å². The van der Waals surface area contributed by atoms with Crippen molar-refractivity contribution in [2.45, 2.75) is 26.2 Å². The van der Waals surface area contributed by atoms with Crippen molar-refractivity contribution in [2.75, 3.05) is 29.9 Å². The highest BCUT2D eigenvalue weighted by Gasteiger charge is 2.24. The molecule has 27 heavy (non-hydrogen) atoms. The molecule has 0 aliphatic carbocycles. The minimum absolute atomic E-state index is 0.232. The number of H-pyrrole nitrogens is 1. The first-order valence-corrected chi connectivity index (χ1v) is 9.39. The number of nitrogens with one attached hydrogen (secondary N) is 2. The Kier molecular flexibility index (Phi) is 4.79. The van der Waals surface area contributed by atoms with Crippen molar-refractivity contribution in [1.82, 2.24) is 24.7 Å². The Balaban J connectivity index is 1.36. The van der Waals surface area contributed by atoms with Gasteiger partial charge >= 0.3 is 0 Å². The number of hydrogen-bond acceptors (Lipinski definition) is 6. The van der Waals surface area contributed by atoms with Crippen LogP contribution >= 0.6 is 0 Å². The maximum Gasteiger partial charge on any atom is 0.152 e. The van der Waals surface area contributed by atoms with Crippen molar-refractivity contribution in [3.05, 3.63) is 30.4 Å². The zero-order valence-electron chi connectivity index (χ0n) is 15.8. The number of carbonyl (C=O) groups is 1. The van der Waals surface area contributed by atoms with Gasteiger partial charge in [-0.2, -0.15) is 5.10 Å². The molecule has 142 valence electrons. The van der Waals surface area contributed by atoms with E-state index in [9.17, 15) is 4.79 Å². The van der Waals surface area contributed by atoms with E-state index in [-0.39, 0.29) is 5.78 Å². The summed E-state index contributed by atoms with van der Waals surface area (Å²) in [7, 11) is 1.88. The van der Waals surface area contributed by atoms with E-state index in [1.807, 2.05) is 32.3 Å². The van der Waals surface area contributed by atoms with Crippen LogP contribution in [0.3, 0.4) is 0 Å². The molecule has 8 nitrogen and oxygen atoms in total. The van der Waals surface area contributed by atoms with Gasteiger partial charge in [-0.05, 0) is 31.7 Å². The third-order valence-corrected chi connectivity index (χ3v) is 5.14. The van der Waals surface area contributed by atoms with E-state index >= 15 is 0 Å². The molecule has 1 atom stereocenters. The number of piperidine rings is 1. The standard InChI is InChI=1S/C19H25N7O/c1-13-8-17(25(2)24-13)21-10-15(27)9-14-4-3-7-26(11-14)19-16-5-6-20-18(16)22-12-23-19/h5-6,8,12,14,21H,3-4,7,9-11H2,1-2H3,(H,20,22,23). The van der Waals surface area contributed by atoms with Gasteiger partial charge in [0.25, 0.3) is 0 Å². The number of carbonyl (C=O) groups excluding carboxylic acids is 1. The number of ketones is 1. The number of aromatic amines is 1. The van der Waals surface area contributed by atoms with E-state index in [4.69, 9.17) is 0 Å². The largest absolute Gasteiger partial charge is 0.363 e. The monoisotopic (exact) mass is 367 g/mol. The summed E-state index contributed by atoms with van der Waals surface area (Å²) in [6, 6.07) is 3.96. The minimum Gasteiger partial charge on any atom is -0.363 e. The van der Waals surface area contributed by atoms with Gasteiger partial charge in [-0.1, -0.05) is 0 Å². The number of anilines is 2. The maximum atomic E-state index is 12.5. The number of aromatic nitrogens is 5. The Labute approximate surface area is 158 Å². The third-order valence-electron chi connectivity index (χ3n) is 5.14. The Hall–Kier alpha value is -2.90. The summed E-state index contributed by atoms with van der Waals surface area (Å²) in [6.45, 7) is 4.10. The first kappa shape index (κ1) is 17.5. The maximum absolute atomic E-state index is 12.5. The van der Waals surface area contributed by atoms with Gasteiger partial charge in [0.15, 0.2) is 5.78 Å². The highest BCUT2D eigenvalue weighted by Crippen LogP contribution is 2.28. The van der Waals surface area contributed by atoms with E-state index in [0.717, 1.165) is 54.3 Å². The van der Waals surface area contributed by atoms with Crippen LogP contribution in [0.25, 0.3) is 11.0 Å². The molecule has 0 saturated carbocycles. The molecule has 1 saturated heterocycles. The molecule has 1 aliphatic heterocycles. The van der Waals surface area contributed by atoms with Crippen molar-refractivity contribution in [3.63, 3.8) is 0 Å². The van der Waals surface area contributed by atoms with Gasteiger partial charge in [-0.15, -0.1) is 0 Å². The summed E-state index contributed by atoms with van der Waals surface area (Å²) >= 11 is 0. The van der Waals surface area contributed by atoms with Crippen LogP contribution in [0.4, 0.5) is 11.6 Å². The van der Waals surface area contributed by atoms with Crippen LogP contribution in [-0.4, -0.2) is 50.1 Å². The van der Waals surface area contributed by atoms with E-state index in [2.05, 4.69) is 30.3 Å². The van der Waals surface area contributed by atoms with Crippen LogP contribution in [0.2, 0.25) is 0 Å². The van der Waals surface area contributed by atoms with Crippen LogP contribution in [-0.2, 0) is 11.8 Å². The van der Waals surface area contributed by atoms with Gasteiger partial charge in [-0.25, -0.2) is 9.97 Å². The molecule has 3 aromatic heterocycles. The summed E-state index contributed by atoms with van der Waals surface area (Å²) in [4.78, 5) is 26.7. The van der Waals surface area contributed by atoms with Crippen molar-refractivity contribution < 1.29 is 4.79 Å². The minimum atomic E-state index is 0.232. The lowest BCUT2D eigenvalue weighted by Gasteiger charge is -2.33. The van der Waals surface area contributed by atoms with Crippen molar-refractivity contribution in [1.29, 1.82) is 0 Å². The summed E-state index contributed by atoms with van der Waals surface area (Å²) in [5, 5.41) is 8.53. The molecular weight excluding hydrogens is 342 g/mol. The molecule has 4 rings (SSSR count). The van der Waals surface area contributed by atoms with E-state index in [1.165, 1.54) is 0 Å². The number of rotatable bonds is 6. The Morgan fingerprint density at radius 1 is 1.41 bits per heavy atom. The Bertz CT molecular complexity index is 945. The Morgan fingerprint density at radius 2 is 2.30 bits per heavy atom. The smallest absolute Gasteiger partial charge is 0.152 e. The number of nitrogens with zero attached hydrogens (tertiary/aromatic N) is 5. The van der Waals surface area contributed by atoms with Crippen molar-refractivity contribution in [2.24, 2.45) is 13.0 Å².